The first kappa shape index (κ1) is 14.3. The zero-order valence-electron chi connectivity index (χ0n) is 11.2. The summed E-state index contributed by atoms with van der Waals surface area (Å²) in [5.74, 6) is -0.818. The maximum absolute atomic E-state index is 13.7. The van der Waals surface area contributed by atoms with E-state index < -0.39 is 5.82 Å². The molecule has 1 aromatic carbocycles. The molecule has 0 saturated carbocycles. The fraction of sp³-hybridized carbons (Fsp3) is 0.500. The molecule has 3 nitrogen and oxygen atoms in total. The molecule has 5 heteroatoms. The summed E-state index contributed by atoms with van der Waals surface area (Å²) >= 11 is 5.84. The Kier molecular flexibility index (Phi) is 4.11. The number of benzene rings is 1. The first-order valence-corrected chi connectivity index (χ1v) is 6.72. The fourth-order valence-corrected chi connectivity index (χ4v) is 2.47. The summed E-state index contributed by atoms with van der Waals surface area (Å²) in [4.78, 5) is 14.1. The third-order valence-corrected chi connectivity index (χ3v) is 3.46. The summed E-state index contributed by atoms with van der Waals surface area (Å²) in [6.07, 6.45) is 0. The molecule has 0 spiro atoms. The highest BCUT2D eigenvalue weighted by Gasteiger charge is 2.28. The number of amides is 1. The van der Waals surface area contributed by atoms with Crippen molar-refractivity contribution in [2.45, 2.75) is 13.8 Å². The molecule has 19 heavy (non-hydrogen) atoms. The van der Waals surface area contributed by atoms with Gasteiger partial charge in [0.1, 0.15) is 5.82 Å². The van der Waals surface area contributed by atoms with Crippen molar-refractivity contribution in [3.8, 4) is 0 Å². The van der Waals surface area contributed by atoms with Crippen molar-refractivity contribution in [3.05, 3.63) is 34.6 Å². The Hall–Kier alpha value is -1.13. The lowest BCUT2D eigenvalue weighted by Gasteiger charge is -2.29. The summed E-state index contributed by atoms with van der Waals surface area (Å²) in [6.45, 7) is 6.91. The summed E-state index contributed by atoms with van der Waals surface area (Å²) in [6, 6.07) is 4.07. The molecule has 104 valence electrons. The predicted octanol–water partition coefficient (Wildman–Crippen LogP) is 2.55. The standard InChI is InChI=1S/C14H18ClFN2O/c1-14(2)8-17-5-6-18(9-14)13(19)11-7-10(15)3-4-12(11)16/h3-4,7,17H,5-6,8-9H2,1-2H3. The average molecular weight is 285 g/mol. The Morgan fingerprint density at radius 1 is 1.47 bits per heavy atom. The number of halogens is 2. The number of rotatable bonds is 1. The molecule has 0 unspecified atom stereocenters. The maximum Gasteiger partial charge on any atom is 0.256 e. The van der Waals surface area contributed by atoms with Gasteiger partial charge in [-0.2, -0.15) is 0 Å². The van der Waals surface area contributed by atoms with Gasteiger partial charge in [0.05, 0.1) is 5.56 Å². The van der Waals surface area contributed by atoms with E-state index in [4.69, 9.17) is 11.6 Å². The average Bonchev–Trinajstić information content (AvgIpc) is 2.52. The minimum absolute atomic E-state index is 0.0266. The van der Waals surface area contributed by atoms with Crippen LogP contribution in [-0.2, 0) is 0 Å². The Morgan fingerprint density at radius 2 is 2.21 bits per heavy atom. The number of hydrogen-bond donors (Lipinski definition) is 1. The van der Waals surface area contributed by atoms with Crippen LogP contribution in [0.4, 0.5) is 4.39 Å². The van der Waals surface area contributed by atoms with Crippen LogP contribution in [0.15, 0.2) is 18.2 Å². The first-order chi connectivity index (χ1) is 8.89. The molecule has 1 N–H and O–H groups in total. The van der Waals surface area contributed by atoms with Gasteiger partial charge in [-0.3, -0.25) is 4.79 Å². The molecule has 1 saturated heterocycles. The molecule has 0 atom stereocenters. The van der Waals surface area contributed by atoms with Crippen LogP contribution in [0.2, 0.25) is 5.02 Å². The predicted molar refractivity (Wildman–Crippen MR) is 74.0 cm³/mol. The molecule has 1 heterocycles. The Balaban J connectivity index is 2.25. The number of nitrogens with one attached hydrogen (secondary N) is 1. The number of carbonyl (C=O) groups is 1. The van der Waals surface area contributed by atoms with Crippen LogP contribution in [0.3, 0.4) is 0 Å². The summed E-state index contributed by atoms with van der Waals surface area (Å²) < 4.78 is 13.7. The smallest absolute Gasteiger partial charge is 0.256 e. The van der Waals surface area contributed by atoms with Crippen molar-refractivity contribution in [1.29, 1.82) is 0 Å². The van der Waals surface area contributed by atoms with Gasteiger partial charge in [0.25, 0.3) is 5.91 Å². The van der Waals surface area contributed by atoms with Gasteiger partial charge in [-0.25, -0.2) is 4.39 Å². The van der Waals surface area contributed by atoms with Crippen molar-refractivity contribution in [1.82, 2.24) is 10.2 Å². The monoisotopic (exact) mass is 284 g/mol. The minimum Gasteiger partial charge on any atom is -0.337 e. The zero-order valence-corrected chi connectivity index (χ0v) is 11.9. The number of hydrogen-bond acceptors (Lipinski definition) is 2. The highest BCUT2D eigenvalue weighted by molar-refractivity contribution is 6.31. The normalized spacial score (nSPS) is 19.1. The fourth-order valence-electron chi connectivity index (χ4n) is 2.30. The van der Waals surface area contributed by atoms with E-state index in [9.17, 15) is 9.18 Å². The van der Waals surface area contributed by atoms with Gasteiger partial charge in [-0.05, 0) is 23.6 Å². The van der Waals surface area contributed by atoms with Crippen molar-refractivity contribution < 1.29 is 9.18 Å². The van der Waals surface area contributed by atoms with E-state index in [0.717, 1.165) is 13.1 Å². The number of carbonyl (C=O) groups excluding carboxylic acids is 1. The van der Waals surface area contributed by atoms with E-state index in [1.165, 1.54) is 18.2 Å². The van der Waals surface area contributed by atoms with Crippen LogP contribution >= 0.6 is 11.6 Å². The van der Waals surface area contributed by atoms with E-state index >= 15 is 0 Å². The van der Waals surface area contributed by atoms with Crippen molar-refractivity contribution in [3.63, 3.8) is 0 Å². The second kappa shape index (κ2) is 5.47. The van der Waals surface area contributed by atoms with Crippen molar-refractivity contribution >= 4 is 17.5 Å². The SMILES string of the molecule is CC1(C)CNCCN(C(=O)c2cc(Cl)ccc2F)C1. The summed E-state index contributed by atoms with van der Waals surface area (Å²) in [5, 5.41) is 3.66. The lowest BCUT2D eigenvalue weighted by Crippen LogP contribution is -2.39. The highest BCUT2D eigenvalue weighted by Crippen LogP contribution is 2.22. The van der Waals surface area contributed by atoms with Gasteiger partial charge >= 0.3 is 0 Å². The third kappa shape index (κ3) is 3.45. The molecule has 1 aliphatic heterocycles. The van der Waals surface area contributed by atoms with E-state index in [-0.39, 0.29) is 16.9 Å². The zero-order chi connectivity index (χ0) is 14.0. The lowest BCUT2D eigenvalue weighted by atomic mass is 9.93. The molecule has 1 fully saturated rings. The minimum atomic E-state index is -0.524. The second-order valence-corrected chi connectivity index (χ2v) is 6.13. The van der Waals surface area contributed by atoms with E-state index in [1.54, 1.807) is 4.90 Å². The molecule has 1 aliphatic rings. The number of nitrogens with zero attached hydrogens (tertiary/aromatic N) is 1. The molecule has 0 radical (unpaired) electrons. The van der Waals surface area contributed by atoms with Gasteiger partial charge in [0, 0.05) is 31.2 Å². The van der Waals surface area contributed by atoms with Gasteiger partial charge < -0.3 is 10.2 Å². The van der Waals surface area contributed by atoms with Crippen molar-refractivity contribution in [2.75, 3.05) is 26.2 Å². The van der Waals surface area contributed by atoms with E-state index in [0.29, 0.717) is 18.1 Å². The van der Waals surface area contributed by atoms with E-state index in [2.05, 4.69) is 19.2 Å². The quantitative estimate of drug-likeness (QED) is 0.860. The Labute approximate surface area is 117 Å². The van der Waals surface area contributed by atoms with Crippen LogP contribution in [0.25, 0.3) is 0 Å². The van der Waals surface area contributed by atoms with Crippen molar-refractivity contribution in [2.24, 2.45) is 5.41 Å². The highest BCUT2D eigenvalue weighted by atomic mass is 35.5. The van der Waals surface area contributed by atoms with Gasteiger partial charge in [-0.15, -0.1) is 0 Å². The van der Waals surface area contributed by atoms with Gasteiger partial charge in [0.15, 0.2) is 0 Å². The second-order valence-electron chi connectivity index (χ2n) is 5.69. The molecular weight excluding hydrogens is 267 g/mol. The maximum atomic E-state index is 13.7. The van der Waals surface area contributed by atoms with Crippen LogP contribution in [-0.4, -0.2) is 37.0 Å². The molecule has 0 bridgehead atoms. The topological polar surface area (TPSA) is 32.3 Å². The van der Waals surface area contributed by atoms with Gasteiger partial charge in [0.2, 0.25) is 0 Å². The largest absolute Gasteiger partial charge is 0.337 e. The molecule has 0 aromatic heterocycles. The van der Waals surface area contributed by atoms with Crippen LogP contribution in [0.5, 0.6) is 0 Å². The summed E-state index contributed by atoms with van der Waals surface area (Å²) in [7, 11) is 0. The van der Waals surface area contributed by atoms with E-state index in [1.807, 2.05) is 0 Å². The summed E-state index contributed by atoms with van der Waals surface area (Å²) in [5.41, 5.74) is 0.0199. The molecule has 1 aromatic rings. The Bertz CT molecular complexity index is 490. The first-order valence-electron chi connectivity index (χ1n) is 6.34. The molecule has 1 amide bonds. The molecule has 2 rings (SSSR count). The van der Waals surface area contributed by atoms with Crippen LogP contribution in [0, 0.1) is 11.2 Å². The lowest BCUT2D eigenvalue weighted by molar-refractivity contribution is 0.0712. The van der Waals surface area contributed by atoms with Crippen LogP contribution < -0.4 is 5.32 Å². The third-order valence-electron chi connectivity index (χ3n) is 3.23. The molecular formula is C14H18ClFN2O. The molecule has 0 aliphatic carbocycles. The Morgan fingerprint density at radius 3 is 2.95 bits per heavy atom. The van der Waals surface area contributed by atoms with Crippen LogP contribution in [0.1, 0.15) is 24.2 Å². The van der Waals surface area contributed by atoms with Gasteiger partial charge in [-0.1, -0.05) is 25.4 Å².